The number of para-hydroxylation sites is 1. The van der Waals surface area contributed by atoms with E-state index in [9.17, 15) is 9.59 Å². The molecule has 1 aliphatic heterocycles. The number of anilines is 1. The van der Waals surface area contributed by atoms with Crippen LogP contribution in [0, 0.1) is 0 Å². The Balaban J connectivity index is 1.47. The number of nitrogens with zero attached hydrogens (tertiary/aromatic N) is 2. The summed E-state index contributed by atoms with van der Waals surface area (Å²) in [5.41, 5.74) is 0.717. The van der Waals surface area contributed by atoms with Gasteiger partial charge in [-0.3, -0.25) is 14.2 Å². The number of carbonyl (C=O) groups is 1. The molecule has 0 radical (unpaired) electrons. The number of rotatable bonds is 6. The molecule has 3 heterocycles. The van der Waals surface area contributed by atoms with Crippen LogP contribution in [0.5, 0.6) is 11.5 Å². The number of thioether (sulfide) groups is 1. The van der Waals surface area contributed by atoms with Gasteiger partial charge in [-0.05, 0) is 30.3 Å². The third-order valence-corrected chi connectivity index (χ3v) is 6.09. The van der Waals surface area contributed by atoms with Crippen molar-refractivity contribution in [3.05, 3.63) is 75.9 Å². The van der Waals surface area contributed by atoms with Crippen LogP contribution >= 0.6 is 23.4 Å². The highest BCUT2D eigenvalue weighted by atomic mass is 35.5. The van der Waals surface area contributed by atoms with Crippen LogP contribution in [0.15, 0.2) is 69.2 Å². The highest BCUT2D eigenvalue weighted by Crippen LogP contribution is 2.35. The van der Waals surface area contributed by atoms with Gasteiger partial charge in [-0.15, -0.1) is 0 Å². The zero-order valence-corrected chi connectivity index (χ0v) is 18.1. The second-order valence-electron chi connectivity index (χ2n) is 6.90. The maximum Gasteiger partial charge on any atom is 0.262 e. The summed E-state index contributed by atoms with van der Waals surface area (Å²) in [6.07, 6.45) is 1.54. The summed E-state index contributed by atoms with van der Waals surface area (Å²) >= 11 is 7.26. The van der Waals surface area contributed by atoms with E-state index in [0.29, 0.717) is 44.0 Å². The molecule has 2 aromatic heterocycles. The zero-order valence-electron chi connectivity index (χ0n) is 16.5. The molecule has 0 spiro atoms. The van der Waals surface area contributed by atoms with Crippen molar-refractivity contribution in [1.29, 1.82) is 0 Å². The first-order valence-electron chi connectivity index (χ1n) is 9.62. The lowest BCUT2D eigenvalue weighted by Crippen LogP contribution is -2.24. The molecule has 2 aromatic carbocycles. The predicted molar refractivity (Wildman–Crippen MR) is 121 cm³/mol. The quantitative estimate of drug-likeness (QED) is 0.334. The van der Waals surface area contributed by atoms with Gasteiger partial charge < -0.3 is 19.2 Å². The molecule has 32 heavy (non-hydrogen) atoms. The van der Waals surface area contributed by atoms with E-state index in [1.807, 2.05) is 0 Å². The second-order valence-corrected chi connectivity index (χ2v) is 8.25. The van der Waals surface area contributed by atoms with Crippen LogP contribution in [0.25, 0.3) is 10.9 Å². The van der Waals surface area contributed by atoms with E-state index in [2.05, 4.69) is 10.3 Å². The standard InChI is InChI=1S/C22H16ClN3O5S/c23-15-5-1-2-6-16(15)24-20(27)11-32-22-25-17-9-19-18(30-12-31-19)8-14(17)21(28)26(22)10-13-4-3-7-29-13/h1-9H,10-12H2,(H,24,27). The summed E-state index contributed by atoms with van der Waals surface area (Å²) < 4.78 is 17.7. The highest BCUT2D eigenvalue weighted by Gasteiger charge is 2.20. The van der Waals surface area contributed by atoms with Gasteiger partial charge in [0.1, 0.15) is 5.76 Å². The Morgan fingerprint density at radius 2 is 1.97 bits per heavy atom. The molecule has 0 aliphatic carbocycles. The minimum Gasteiger partial charge on any atom is -0.467 e. The van der Waals surface area contributed by atoms with Crippen molar-refractivity contribution in [2.45, 2.75) is 11.7 Å². The molecule has 0 saturated heterocycles. The Kier molecular flexibility index (Phi) is 5.50. The number of amides is 1. The molecule has 0 atom stereocenters. The normalized spacial score (nSPS) is 12.3. The maximum atomic E-state index is 13.3. The molecule has 1 amide bonds. The fraction of sp³-hybridized carbons (Fsp3) is 0.136. The third kappa shape index (κ3) is 4.04. The zero-order chi connectivity index (χ0) is 22.1. The van der Waals surface area contributed by atoms with Gasteiger partial charge in [-0.25, -0.2) is 4.98 Å². The van der Waals surface area contributed by atoms with Gasteiger partial charge in [-0.1, -0.05) is 35.5 Å². The number of benzene rings is 2. The summed E-state index contributed by atoms with van der Waals surface area (Å²) in [7, 11) is 0. The number of halogens is 1. The van der Waals surface area contributed by atoms with Crippen molar-refractivity contribution in [1.82, 2.24) is 9.55 Å². The summed E-state index contributed by atoms with van der Waals surface area (Å²) in [4.78, 5) is 30.4. The molecule has 8 nitrogen and oxygen atoms in total. The first-order valence-corrected chi connectivity index (χ1v) is 11.0. The monoisotopic (exact) mass is 469 g/mol. The van der Waals surface area contributed by atoms with E-state index < -0.39 is 0 Å². The number of aromatic nitrogens is 2. The first-order chi connectivity index (χ1) is 15.6. The predicted octanol–water partition coefficient (Wildman–Crippen LogP) is 4.15. The lowest BCUT2D eigenvalue weighted by molar-refractivity contribution is -0.113. The van der Waals surface area contributed by atoms with Crippen LogP contribution < -0.4 is 20.3 Å². The van der Waals surface area contributed by atoms with E-state index >= 15 is 0 Å². The van der Waals surface area contributed by atoms with Gasteiger partial charge in [0, 0.05) is 6.07 Å². The molecular formula is C22H16ClN3O5S. The lowest BCUT2D eigenvalue weighted by Gasteiger charge is -2.13. The van der Waals surface area contributed by atoms with Crippen molar-refractivity contribution >= 4 is 45.9 Å². The fourth-order valence-electron chi connectivity index (χ4n) is 3.28. The van der Waals surface area contributed by atoms with Crippen LogP contribution in [0.1, 0.15) is 5.76 Å². The highest BCUT2D eigenvalue weighted by molar-refractivity contribution is 7.99. The van der Waals surface area contributed by atoms with Crippen molar-refractivity contribution < 1.29 is 18.7 Å². The number of hydrogen-bond acceptors (Lipinski definition) is 7. The molecule has 1 N–H and O–H groups in total. The fourth-order valence-corrected chi connectivity index (χ4v) is 4.26. The first kappa shape index (κ1) is 20.5. The molecule has 10 heteroatoms. The second kappa shape index (κ2) is 8.60. The van der Waals surface area contributed by atoms with Crippen LogP contribution in [0.4, 0.5) is 5.69 Å². The average Bonchev–Trinajstić information content (AvgIpc) is 3.46. The molecule has 0 unspecified atom stereocenters. The Hall–Kier alpha value is -3.43. The molecule has 0 saturated carbocycles. The molecule has 1 aliphatic rings. The minimum atomic E-state index is -0.271. The smallest absolute Gasteiger partial charge is 0.262 e. The summed E-state index contributed by atoms with van der Waals surface area (Å²) in [5.74, 6) is 1.39. The molecule has 0 fully saturated rings. The van der Waals surface area contributed by atoms with Gasteiger partial charge in [0.2, 0.25) is 12.7 Å². The molecule has 5 rings (SSSR count). The maximum absolute atomic E-state index is 13.3. The van der Waals surface area contributed by atoms with Crippen molar-refractivity contribution in [3.8, 4) is 11.5 Å². The third-order valence-electron chi connectivity index (χ3n) is 4.79. The molecule has 162 valence electrons. The Morgan fingerprint density at radius 3 is 2.75 bits per heavy atom. The Bertz CT molecular complexity index is 1370. The number of furan rings is 1. The largest absolute Gasteiger partial charge is 0.467 e. The van der Waals surface area contributed by atoms with Crippen molar-refractivity contribution in [2.24, 2.45) is 0 Å². The summed E-state index contributed by atoms with van der Waals surface area (Å²) in [5, 5.41) is 3.99. The van der Waals surface area contributed by atoms with E-state index in [4.69, 9.17) is 25.5 Å². The summed E-state index contributed by atoms with van der Waals surface area (Å²) in [6.45, 7) is 0.272. The van der Waals surface area contributed by atoms with Crippen molar-refractivity contribution in [3.63, 3.8) is 0 Å². The minimum absolute atomic E-state index is 0.0336. The summed E-state index contributed by atoms with van der Waals surface area (Å²) in [6, 6.07) is 13.8. The van der Waals surface area contributed by atoms with Crippen molar-refractivity contribution in [2.75, 3.05) is 17.9 Å². The van der Waals surface area contributed by atoms with E-state index in [1.165, 1.54) is 10.8 Å². The number of nitrogens with one attached hydrogen (secondary N) is 1. The topological polar surface area (TPSA) is 95.6 Å². The number of hydrogen-bond donors (Lipinski definition) is 1. The SMILES string of the molecule is O=C(CSc1nc2cc3c(cc2c(=O)n1Cc1ccco1)OCO3)Nc1ccccc1Cl. The van der Waals surface area contributed by atoms with Gasteiger partial charge in [0.05, 0.1) is 40.2 Å². The Labute approximate surface area is 191 Å². The van der Waals surface area contributed by atoms with Crippen LogP contribution in [-0.2, 0) is 11.3 Å². The number of ether oxygens (including phenoxy) is 2. The van der Waals surface area contributed by atoms with Crippen LogP contribution in [0.2, 0.25) is 5.02 Å². The van der Waals surface area contributed by atoms with E-state index in [1.54, 1.807) is 48.5 Å². The molecular weight excluding hydrogens is 454 g/mol. The average molecular weight is 470 g/mol. The van der Waals surface area contributed by atoms with Crippen LogP contribution in [-0.4, -0.2) is 28.0 Å². The van der Waals surface area contributed by atoms with Gasteiger partial charge >= 0.3 is 0 Å². The van der Waals surface area contributed by atoms with Gasteiger partial charge in [0.15, 0.2) is 16.7 Å². The lowest BCUT2D eigenvalue weighted by atomic mass is 10.2. The van der Waals surface area contributed by atoms with E-state index in [-0.39, 0.29) is 30.6 Å². The van der Waals surface area contributed by atoms with Gasteiger partial charge in [0.25, 0.3) is 5.56 Å². The van der Waals surface area contributed by atoms with Crippen LogP contribution in [0.3, 0.4) is 0 Å². The molecule has 0 bridgehead atoms. The number of carbonyl (C=O) groups excluding carboxylic acids is 1. The molecule has 4 aromatic rings. The Morgan fingerprint density at radius 1 is 1.16 bits per heavy atom. The number of fused-ring (bicyclic) bond motifs is 2. The van der Waals surface area contributed by atoms with Gasteiger partial charge in [-0.2, -0.15) is 0 Å². The van der Waals surface area contributed by atoms with E-state index in [0.717, 1.165) is 11.8 Å².